The van der Waals surface area contributed by atoms with Gasteiger partial charge in [0, 0.05) is 37.8 Å². The fourth-order valence-corrected chi connectivity index (χ4v) is 4.44. The molecular formula is C22H22F3N5O3S. The lowest BCUT2D eigenvalue weighted by molar-refractivity contribution is -0.141. The molecule has 0 spiro atoms. The molecule has 1 atom stereocenters. The van der Waals surface area contributed by atoms with E-state index in [1.54, 1.807) is 23.2 Å². The predicted molar refractivity (Wildman–Crippen MR) is 120 cm³/mol. The summed E-state index contributed by atoms with van der Waals surface area (Å²) in [5.74, 6) is -0.373. The number of aliphatic hydroxyl groups excluding tert-OH is 1. The molecule has 180 valence electrons. The number of hydrogen-bond acceptors (Lipinski definition) is 8. The number of morpholine rings is 1. The molecule has 3 heterocycles. The van der Waals surface area contributed by atoms with Gasteiger partial charge in [-0.05, 0) is 42.7 Å². The molecule has 1 unspecified atom stereocenters. The minimum Gasteiger partial charge on any atom is -0.396 e. The van der Waals surface area contributed by atoms with Crippen molar-refractivity contribution in [2.24, 2.45) is 0 Å². The van der Waals surface area contributed by atoms with E-state index in [0.717, 1.165) is 28.3 Å². The van der Waals surface area contributed by atoms with E-state index in [9.17, 15) is 18.0 Å². The summed E-state index contributed by atoms with van der Waals surface area (Å²) in [6, 6.07) is 6.20. The Morgan fingerprint density at radius 2 is 2.15 bits per heavy atom. The van der Waals surface area contributed by atoms with Crippen LogP contribution in [-0.2, 0) is 10.9 Å². The van der Waals surface area contributed by atoms with Crippen molar-refractivity contribution in [1.82, 2.24) is 19.9 Å². The van der Waals surface area contributed by atoms with Gasteiger partial charge in [-0.1, -0.05) is 6.07 Å². The van der Waals surface area contributed by atoms with Crippen molar-refractivity contribution in [2.45, 2.75) is 25.6 Å². The number of thiazole rings is 1. The molecule has 0 bridgehead atoms. The van der Waals surface area contributed by atoms with Crippen LogP contribution in [0, 0.1) is 6.92 Å². The van der Waals surface area contributed by atoms with E-state index < -0.39 is 11.9 Å². The maximum Gasteiger partial charge on any atom is 0.433 e. The van der Waals surface area contributed by atoms with Crippen LogP contribution in [-0.4, -0.2) is 63.3 Å². The van der Waals surface area contributed by atoms with Gasteiger partial charge in [-0.3, -0.25) is 4.79 Å². The normalized spacial score (nSPS) is 16.5. The number of nitrogens with zero attached hydrogens (tertiary/aromatic N) is 4. The minimum absolute atomic E-state index is 0.0106. The molecule has 1 saturated heterocycles. The maximum absolute atomic E-state index is 12.9. The number of aryl methyl sites for hydroxylation is 1. The first-order valence-corrected chi connectivity index (χ1v) is 11.3. The number of benzene rings is 1. The van der Waals surface area contributed by atoms with Crippen molar-refractivity contribution in [2.75, 3.05) is 31.6 Å². The smallest absolute Gasteiger partial charge is 0.396 e. The predicted octanol–water partition coefficient (Wildman–Crippen LogP) is 3.89. The number of carbonyl (C=O) groups excluding carboxylic acids is 1. The van der Waals surface area contributed by atoms with Crippen molar-refractivity contribution in [1.29, 1.82) is 0 Å². The van der Waals surface area contributed by atoms with Crippen molar-refractivity contribution in [3.05, 3.63) is 52.9 Å². The zero-order chi connectivity index (χ0) is 24.3. The summed E-state index contributed by atoms with van der Waals surface area (Å²) in [6.45, 7) is 3.08. The van der Waals surface area contributed by atoms with Crippen LogP contribution in [0.4, 0.5) is 24.8 Å². The number of halogens is 3. The molecule has 3 aromatic rings. The van der Waals surface area contributed by atoms with Crippen molar-refractivity contribution >= 4 is 28.9 Å². The Labute approximate surface area is 197 Å². The molecule has 1 aromatic carbocycles. The summed E-state index contributed by atoms with van der Waals surface area (Å²) >= 11 is 1.23. The molecule has 0 saturated carbocycles. The number of aromatic nitrogens is 3. The van der Waals surface area contributed by atoms with Crippen LogP contribution in [0.2, 0.25) is 0 Å². The monoisotopic (exact) mass is 493 g/mol. The molecule has 4 rings (SSSR count). The van der Waals surface area contributed by atoms with Gasteiger partial charge in [0.1, 0.15) is 5.69 Å². The Morgan fingerprint density at radius 1 is 1.32 bits per heavy atom. The lowest BCUT2D eigenvalue weighted by Crippen LogP contribution is -2.45. The van der Waals surface area contributed by atoms with E-state index in [4.69, 9.17) is 9.84 Å². The van der Waals surface area contributed by atoms with Crippen molar-refractivity contribution in [3.8, 4) is 10.4 Å². The van der Waals surface area contributed by atoms with Crippen LogP contribution in [0.25, 0.3) is 10.4 Å². The molecule has 34 heavy (non-hydrogen) atoms. The van der Waals surface area contributed by atoms with Crippen LogP contribution in [0.3, 0.4) is 0 Å². The number of ether oxygens (including phenoxy) is 1. The van der Waals surface area contributed by atoms with Crippen LogP contribution in [0.15, 0.2) is 36.7 Å². The first-order valence-electron chi connectivity index (χ1n) is 10.5. The molecule has 1 aliphatic rings. The number of anilines is 2. The fraction of sp³-hybridized carbons (Fsp3) is 0.364. The quantitative estimate of drug-likeness (QED) is 0.537. The summed E-state index contributed by atoms with van der Waals surface area (Å²) in [5, 5.41) is 12.3. The SMILES string of the molecule is Cc1cc(Nc2nccc(C(F)(F)F)n2)cc(-c2cnc(C(=O)N3CCOC(CCO)C3)s2)c1. The number of aliphatic hydroxyl groups is 1. The van der Waals surface area contributed by atoms with Crippen LogP contribution in [0.1, 0.15) is 27.5 Å². The molecule has 8 nitrogen and oxygen atoms in total. The van der Waals surface area contributed by atoms with Gasteiger partial charge in [0.05, 0.1) is 17.6 Å². The zero-order valence-corrected chi connectivity index (χ0v) is 19.0. The zero-order valence-electron chi connectivity index (χ0n) is 18.2. The molecular weight excluding hydrogens is 471 g/mol. The standard InChI is InChI=1S/C22H22F3N5O3S/c1-13-8-14(10-15(9-13)28-21-26-4-2-18(29-21)22(23,24)25)17-11-27-19(34-17)20(32)30-5-7-33-16(12-30)3-6-31/h2,4,8-11,16,31H,3,5-7,12H2,1H3,(H,26,28,29). The molecule has 0 radical (unpaired) electrons. The highest BCUT2D eigenvalue weighted by Gasteiger charge is 2.33. The Kier molecular flexibility index (Phi) is 7.10. The van der Waals surface area contributed by atoms with Gasteiger partial charge in [-0.15, -0.1) is 11.3 Å². The van der Waals surface area contributed by atoms with E-state index in [0.29, 0.717) is 36.8 Å². The van der Waals surface area contributed by atoms with Gasteiger partial charge in [0.25, 0.3) is 5.91 Å². The second kappa shape index (κ2) is 10.0. The number of alkyl halides is 3. The van der Waals surface area contributed by atoms with Gasteiger partial charge in [0.2, 0.25) is 5.95 Å². The summed E-state index contributed by atoms with van der Waals surface area (Å²) in [6.07, 6.45) is -1.66. The van der Waals surface area contributed by atoms with Crippen LogP contribution >= 0.6 is 11.3 Å². The molecule has 2 aromatic heterocycles. The number of hydrogen-bond donors (Lipinski definition) is 2. The maximum atomic E-state index is 12.9. The first-order chi connectivity index (χ1) is 16.2. The van der Waals surface area contributed by atoms with Gasteiger partial charge in [0.15, 0.2) is 5.01 Å². The fourth-order valence-electron chi connectivity index (χ4n) is 3.57. The van der Waals surface area contributed by atoms with Crippen LogP contribution < -0.4 is 5.32 Å². The lowest BCUT2D eigenvalue weighted by atomic mass is 10.1. The average Bonchev–Trinajstić information content (AvgIpc) is 3.29. The second-order valence-electron chi connectivity index (χ2n) is 7.76. The van der Waals surface area contributed by atoms with Crippen LogP contribution in [0.5, 0.6) is 0 Å². The Bertz CT molecular complexity index is 1170. The average molecular weight is 494 g/mol. The Hall–Kier alpha value is -3.09. The van der Waals surface area contributed by atoms with Crippen molar-refractivity contribution < 1.29 is 27.8 Å². The Balaban J connectivity index is 1.52. The van der Waals surface area contributed by atoms with Gasteiger partial charge in [-0.2, -0.15) is 13.2 Å². The van der Waals surface area contributed by atoms with Gasteiger partial charge < -0.3 is 20.1 Å². The van der Waals surface area contributed by atoms with E-state index in [-0.39, 0.29) is 24.6 Å². The summed E-state index contributed by atoms with van der Waals surface area (Å²) < 4.78 is 44.4. The number of nitrogens with one attached hydrogen (secondary N) is 1. The molecule has 1 aliphatic heterocycles. The number of carbonyl (C=O) groups is 1. The summed E-state index contributed by atoms with van der Waals surface area (Å²) in [5.41, 5.74) is 1.09. The van der Waals surface area contributed by atoms with E-state index in [2.05, 4.69) is 20.3 Å². The molecule has 1 fully saturated rings. The third-order valence-corrected chi connectivity index (χ3v) is 6.16. The topological polar surface area (TPSA) is 100 Å². The molecule has 12 heteroatoms. The highest BCUT2D eigenvalue weighted by molar-refractivity contribution is 7.17. The largest absolute Gasteiger partial charge is 0.433 e. The second-order valence-corrected chi connectivity index (χ2v) is 8.79. The lowest BCUT2D eigenvalue weighted by Gasteiger charge is -2.32. The van der Waals surface area contributed by atoms with E-state index >= 15 is 0 Å². The third kappa shape index (κ3) is 5.69. The third-order valence-electron chi connectivity index (χ3n) is 5.13. The summed E-state index contributed by atoms with van der Waals surface area (Å²) in [4.78, 5) is 27.0. The molecule has 0 aliphatic carbocycles. The van der Waals surface area contributed by atoms with Crippen molar-refractivity contribution in [3.63, 3.8) is 0 Å². The van der Waals surface area contributed by atoms with Gasteiger partial charge >= 0.3 is 6.18 Å². The van der Waals surface area contributed by atoms with E-state index in [1.165, 1.54) is 11.3 Å². The number of amides is 1. The molecule has 1 amide bonds. The minimum atomic E-state index is -4.57. The van der Waals surface area contributed by atoms with Gasteiger partial charge in [-0.25, -0.2) is 15.0 Å². The summed E-state index contributed by atoms with van der Waals surface area (Å²) in [7, 11) is 0. The first kappa shape index (κ1) is 24.0. The molecule has 2 N–H and O–H groups in total. The van der Waals surface area contributed by atoms with E-state index in [1.807, 2.05) is 13.0 Å². The highest BCUT2D eigenvalue weighted by atomic mass is 32.1. The number of rotatable bonds is 6. The Morgan fingerprint density at radius 3 is 2.91 bits per heavy atom. The highest BCUT2D eigenvalue weighted by Crippen LogP contribution is 2.32.